The zero-order chi connectivity index (χ0) is 21.3. The average Bonchev–Trinajstić information content (AvgIpc) is 2.61. The van der Waals surface area contributed by atoms with Crippen LogP contribution in [0.2, 0.25) is 0 Å². The maximum Gasteiger partial charge on any atom is 0.416 e. The molecule has 0 atom stereocenters. The highest BCUT2D eigenvalue weighted by atomic mass is 19.4. The van der Waals surface area contributed by atoms with Crippen molar-refractivity contribution in [1.82, 2.24) is 4.98 Å². The van der Waals surface area contributed by atoms with Gasteiger partial charge in [0, 0.05) is 18.0 Å². The van der Waals surface area contributed by atoms with Crippen molar-refractivity contribution in [2.45, 2.75) is 26.9 Å². The first-order valence-electron chi connectivity index (χ1n) is 8.73. The van der Waals surface area contributed by atoms with E-state index in [1.165, 1.54) is 6.92 Å². The van der Waals surface area contributed by atoms with Crippen LogP contribution < -0.4 is 10.6 Å². The Hall–Kier alpha value is -3.42. The molecular formula is C21H18F3N3O2. The van der Waals surface area contributed by atoms with Gasteiger partial charge < -0.3 is 10.6 Å². The van der Waals surface area contributed by atoms with Crippen LogP contribution in [0.4, 0.5) is 24.5 Å². The SMILES string of the molecule is CC(=O)Nc1ccc(C(F)(F)F)cc1NC(=O)c1cc(C)nc2ccc(C)cc12. The number of hydrogen-bond donors (Lipinski definition) is 2. The van der Waals surface area contributed by atoms with Gasteiger partial charge in [0.2, 0.25) is 5.91 Å². The number of fused-ring (bicyclic) bond motifs is 1. The largest absolute Gasteiger partial charge is 0.416 e. The molecule has 0 fully saturated rings. The van der Waals surface area contributed by atoms with E-state index in [0.29, 0.717) is 16.6 Å². The number of nitrogens with one attached hydrogen (secondary N) is 2. The smallest absolute Gasteiger partial charge is 0.325 e. The molecule has 150 valence electrons. The molecule has 0 aliphatic carbocycles. The maximum absolute atomic E-state index is 13.1. The molecule has 29 heavy (non-hydrogen) atoms. The number of pyridine rings is 1. The molecule has 0 spiro atoms. The van der Waals surface area contributed by atoms with Gasteiger partial charge in [-0.25, -0.2) is 0 Å². The summed E-state index contributed by atoms with van der Waals surface area (Å²) < 4.78 is 39.4. The Kier molecular flexibility index (Phi) is 5.28. The van der Waals surface area contributed by atoms with Gasteiger partial charge in [-0.1, -0.05) is 11.6 Å². The zero-order valence-corrected chi connectivity index (χ0v) is 15.9. The van der Waals surface area contributed by atoms with E-state index in [2.05, 4.69) is 15.6 Å². The van der Waals surface area contributed by atoms with Gasteiger partial charge in [0.25, 0.3) is 5.91 Å². The molecule has 3 aromatic rings. The fourth-order valence-electron chi connectivity index (χ4n) is 2.97. The first kappa shape index (κ1) is 20.3. The molecule has 3 rings (SSSR count). The van der Waals surface area contributed by atoms with Crippen LogP contribution in [0.1, 0.15) is 34.1 Å². The molecular weight excluding hydrogens is 383 g/mol. The number of halogens is 3. The number of anilines is 2. The van der Waals surface area contributed by atoms with Gasteiger partial charge in [0.05, 0.1) is 28.0 Å². The van der Waals surface area contributed by atoms with E-state index in [4.69, 9.17) is 0 Å². The summed E-state index contributed by atoms with van der Waals surface area (Å²) in [5, 5.41) is 5.52. The van der Waals surface area contributed by atoms with Crippen LogP contribution in [-0.2, 0) is 11.0 Å². The van der Waals surface area contributed by atoms with Crippen LogP contribution in [0.5, 0.6) is 0 Å². The number of hydrogen-bond acceptors (Lipinski definition) is 3. The summed E-state index contributed by atoms with van der Waals surface area (Å²) in [6.07, 6.45) is -4.59. The Morgan fingerprint density at radius 3 is 2.31 bits per heavy atom. The number of carbonyl (C=O) groups excluding carboxylic acids is 2. The van der Waals surface area contributed by atoms with E-state index in [1.807, 2.05) is 13.0 Å². The average molecular weight is 401 g/mol. The summed E-state index contributed by atoms with van der Waals surface area (Å²) in [5.74, 6) is -1.07. The van der Waals surface area contributed by atoms with E-state index in [1.54, 1.807) is 25.1 Å². The van der Waals surface area contributed by atoms with Gasteiger partial charge in [0.1, 0.15) is 0 Å². The van der Waals surface area contributed by atoms with E-state index in [0.717, 1.165) is 23.8 Å². The topological polar surface area (TPSA) is 71.1 Å². The molecule has 0 bridgehead atoms. The van der Waals surface area contributed by atoms with Gasteiger partial charge in [0.15, 0.2) is 0 Å². The second kappa shape index (κ2) is 7.54. The number of aryl methyl sites for hydroxylation is 2. The minimum absolute atomic E-state index is 0.0742. The molecule has 1 heterocycles. The number of amides is 2. The first-order valence-corrected chi connectivity index (χ1v) is 8.73. The van der Waals surface area contributed by atoms with E-state index < -0.39 is 23.6 Å². The molecule has 0 radical (unpaired) electrons. The van der Waals surface area contributed by atoms with E-state index in [9.17, 15) is 22.8 Å². The predicted molar refractivity (Wildman–Crippen MR) is 105 cm³/mol. The summed E-state index contributed by atoms with van der Waals surface area (Å²) in [4.78, 5) is 28.7. The fraction of sp³-hybridized carbons (Fsp3) is 0.190. The Balaban J connectivity index is 2.07. The highest BCUT2D eigenvalue weighted by Gasteiger charge is 2.31. The summed E-state index contributed by atoms with van der Waals surface area (Å²) >= 11 is 0. The quantitative estimate of drug-likeness (QED) is 0.643. The van der Waals surface area contributed by atoms with Crippen LogP contribution >= 0.6 is 0 Å². The molecule has 0 saturated heterocycles. The van der Waals surface area contributed by atoms with Crippen molar-refractivity contribution in [1.29, 1.82) is 0 Å². The van der Waals surface area contributed by atoms with E-state index in [-0.39, 0.29) is 16.9 Å². The third-order valence-electron chi connectivity index (χ3n) is 4.24. The van der Waals surface area contributed by atoms with Crippen molar-refractivity contribution in [3.63, 3.8) is 0 Å². The Morgan fingerprint density at radius 1 is 0.931 bits per heavy atom. The maximum atomic E-state index is 13.1. The van der Waals surface area contributed by atoms with Crippen LogP contribution in [0.15, 0.2) is 42.5 Å². The summed E-state index contributed by atoms with van der Waals surface area (Å²) in [6.45, 7) is 4.82. The standard InChI is InChI=1S/C21H18F3N3O2/c1-11-4-6-17-15(8-11)16(9-12(2)25-17)20(29)27-19-10-14(21(22,23)24)5-7-18(19)26-13(3)28/h4-10H,1-3H3,(H,26,28)(H,27,29). The summed E-state index contributed by atoms with van der Waals surface area (Å²) in [6, 6.07) is 9.75. The number of aromatic nitrogens is 1. The third kappa shape index (κ3) is 4.53. The fourth-order valence-corrected chi connectivity index (χ4v) is 2.97. The van der Waals surface area contributed by atoms with Crippen molar-refractivity contribution in [2.75, 3.05) is 10.6 Å². The first-order chi connectivity index (χ1) is 13.5. The zero-order valence-electron chi connectivity index (χ0n) is 15.9. The Morgan fingerprint density at radius 2 is 1.66 bits per heavy atom. The lowest BCUT2D eigenvalue weighted by Crippen LogP contribution is -2.17. The molecule has 0 aliphatic heterocycles. The molecule has 2 amide bonds. The molecule has 5 nitrogen and oxygen atoms in total. The van der Waals surface area contributed by atoms with Gasteiger partial charge >= 0.3 is 6.18 Å². The lowest BCUT2D eigenvalue weighted by Gasteiger charge is -2.16. The summed E-state index contributed by atoms with van der Waals surface area (Å²) in [7, 11) is 0. The number of carbonyl (C=O) groups is 2. The van der Waals surface area contributed by atoms with Gasteiger partial charge in [-0.15, -0.1) is 0 Å². The van der Waals surface area contributed by atoms with Crippen LogP contribution in [0, 0.1) is 13.8 Å². The molecule has 0 aliphatic rings. The Labute approximate surface area is 164 Å². The summed E-state index contributed by atoms with van der Waals surface area (Å²) in [5.41, 5.74) is 1.39. The third-order valence-corrected chi connectivity index (χ3v) is 4.24. The van der Waals surface area contributed by atoms with Gasteiger partial charge in [-0.2, -0.15) is 13.2 Å². The lowest BCUT2D eigenvalue weighted by atomic mass is 10.0. The minimum atomic E-state index is -4.59. The molecule has 2 aromatic carbocycles. The monoisotopic (exact) mass is 401 g/mol. The molecule has 8 heteroatoms. The second-order valence-electron chi connectivity index (χ2n) is 6.73. The van der Waals surface area contributed by atoms with Gasteiger partial charge in [-0.3, -0.25) is 14.6 Å². The molecule has 2 N–H and O–H groups in total. The highest BCUT2D eigenvalue weighted by Crippen LogP contribution is 2.34. The number of rotatable bonds is 3. The van der Waals surface area contributed by atoms with Crippen LogP contribution in [0.3, 0.4) is 0 Å². The van der Waals surface area contributed by atoms with Gasteiger partial charge in [-0.05, 0) is 50.2 Å². The van der Waals surface area contributed by atoms with Crippen molar-refractivity contribution in [3.8, 4) is 0 Å². The number of alkyl halides is 3. The normalized spacial score (nSPS) is 11.4. The lowest BCUT2D eigenvalue weighted by molar-refractivity contribution is -0.137. The minimum Gasteiger partial charge on any atom is -0.325 e. The number of nitrogens with zero attached hydrogens (tertiary/aromatic N) is 1. The highest BCUT2D eigenvalue weighted by molar-refractivity contribution is 6.14. The van der Waals surface area contributed by atoms with Crippen LogP contribution in [0.25, 0.3) is 10.9 Å². The predicted octanol–water partition coefficient (Wildman–Crippen LogP) is 5.08. The van der Waals surface area contributed by atoms with Crippen LogP contribution in [-0.4, -0.2) is 16.8 Å². The van der Waals surface area contributed by atoms with Crippen molar-refractivity contribution in [2.24, 2.45) is 0 Å². The second-order valence-corrected chi connectivity index (χ2v) is 6.73. The van der Waals surface area contributed by atoms with Crippen molar-refractivity contribution in [3.05, 3.63) is 64.8 Å². The van der Waals surface area contributed by atoms with Crippen molar-refractivity contribution >= 4 is 34.1 Å². The molecule has 1 aromatic heterocycles. The Bertz CT molecular complexity index is 1120. The van der Waals surface area contributed by atoms with E-state index >= 15 is 0 Å². The van der Waals surface area contributed by atoms with Crippen molar-refractivity contribution < 1.29 is 22.8 Å². The molecule has 0 unspecified atom stereocenters. The molecule has 0 saturated carbocycles. The number of benzene rings is 2.